The molecular formula is C27H26F2N8O4. The minimum atomic E-state index is -2.55. The van der Waals surface area contributed by atoms with Crippen LogP contribution in [0.3, 0.4) is 0 Å². The lowest BCUT2D eigenvalue weighted by atomic mass is 10.2. The minimum Gasteiger partial charge on any atom is -0.356 e. The Morgan fingerprint density at radius 1 is 1.12 bits per heavy atom. The van der Waals surface area contributed by atoms with E-state index in [1.54, 1.807) is 43.5 Å². The molecule has 3 unspecified atom stereocenters. The molecule has 2 aliphatic rings. The van der Waals surface area contributed by atoms with Crippen molar-refractivity contribution >= 4 is 34.5 Å². The Labute approximate surface area is 231 Å². The Morgan fingerprint density at radius 2 is 1.85 bits per heavy atom. The Bertz CT molecular complexity index is 1810. The molecule has 1 saturated heterocycles. The summed E-state index contributed by atoms with van der Waals surface area (Å²) in [6.45, 7) is 3.02. The summed E-state index contributed by atoms with van der Waals surface area (Å²) in [6, 6.07) is 7.74. The van der Waals surface area contributed by atoms with Gasteiger partial charge in [0.1, 0.15) is 23.5 Å². The van der Waals surface area contributed by atoms with Gasteiger partial charge in [-0.1, -0.05) is 6.07 Å². The van der Waals surface area contributed by atoms with E-state index >= 15 is 0 Å². The van der Waals surface area contributed by atoms with Crippen LogP contribution in [0.1, 0.15) is 19.9 Å². The van der Waals surface area contributed by atoms with Crippen LogP contribution in [0.15, 0.2) is 52.4 Å². The first kappa shape index (κ1) is 26.5. The monoisotopic (exact) mass is 564 g/mol. The maximum Gasteiger partial charge on any atom is 0.332 e. The fourth-order valence-corrected chi connectivity index (χ4v) is 5.39. The predicted octanol–water partition coefficient (Wildman–Crippen LogP) is 1.84. The average Bonchev–Trinajstić information content (AvgIpc) is 3.38. The number of anilines is 2. The Morgan fingerprint density at radius 3 is 2.51 bits per heavy atom. The third-order valence-electron chi connectivity index (χ3n) is 7.80. The highest BCUT2D eigenvalue weighted by molar-refractivity contribution is 5.93. The first-order chi connectivity index (χ1) is 19.5. The number of Topliss-reactive ketones (excluding diaryl/α,β-unsaturated/α-hetero) is 1. The number of pyridine rings is 2. The number of amides is 1. The molecular weight excluding hydrogens is 538 g/mol. The van der Waals surface area contributed by atoms with Crippen molar-refractivity contribution in [3.8, 4) is 11.3 Å². The summed E-state index contributed by atoms with van der Waals surface area (Å²) in [5.41, 5.74) is -0.0629. The van der Waals surface area contributed by atoms with Gasteiger partial charge >= 0.3 is 5.69 Å². The van der Waals surface area contributed by atoms with Crippen LogP contribution in [0.25, 0.3) is 22.4 Å². The summed E-state index contributed by atoms with van der Waals surface area (Å²) in [7, 11) is 1.44. The number of piperidine rings is 1. The third kappa shape index (κ3) is 4.39. The molecule has 41 heavy (non-hydrogen) atoms. The fourth-order valence-electron chi connectivity index (χ4n) is 5.39. The number of carbonyl (C=O) groups is 2. The normalized spacial score (nSPS) is 19.7. The van der Waals surface area contributed by atoms with E-state index < -0.39 is 47.5 Å². The quantitative estimate of drug-likeness (QED) is 0.359. The smallest absolute Gasteiger partial charge is 0.332 e. The molecule has 1 aliphatic carbocycles. The van der Waals surface area contributed by atoms with Gasteiger partial charge in [-0.05, 0) is 38.1 Å². The molecule has 1 N–H and O–H groups in total. The van der Waals surface area contributed by atoms with Crippen LogP contribution >= 0.6 is 0 Å². The standard InChI is InChI=1S/C27H26F2N8O4/c1-14(38)10-36-25(40)22-23(34(3)26(36)41)31-13-37(22)15(2)24(39)33-20-6-4-5-19(32-20)16-7-8-21(30-9-16)35-11-17-18(12-35)27(17,28)29/h4-9,13,15,17-18H,10-12H2,1-3H3,(H,32,33,39). The van der Waals surface area contributed by atoms with Crippen LogP contribution in [0.4, 0.5) is 20.4 Å². The minimum absolute atomic E-state index is 0.0166. The second-order valence-electron chi connectivity index (χ2n) is 10.5. The van der Waals surface area contributed by atoms with Gasteiger partial charge in [0.25, 0.3) is 11.5 Å². The number of nitrogens with one attached hydrogen (secondary N) is 1. The SMILES string of the molecule is CC(=O)Cn1c(=O)c2c(ncn2C(C)C(=O)Nc2cccc(-c3ccc(N4CC5C(C4)C5(F)F)nc3)n2)n(C)c1=O. The van der Waals surface area contributed by atoms with Gasteiger partial charge in [0.05, 0.1) is 30.4 Å². The van der Waals surface area contributed by atoms with Gasteiger partial charge in [-0.2, -0.15) is 0 Å². The van der Waals surface area contributed by atoms with E-state index in [0.717, 1.165) is 9.13 Å². The van der Waals surface area contributed by atoms with E-state index in [-0.39, 0.29) is 35.9 Å². The van der Waals surface area contributed by atoms with Gasteiger partial charge in [0, 0.05) is 31.9 Å². The van der Waals surface area contributed by atoms with Crippen molar-refractivity contribution in [2.45, 2.75) is 32.4 Å². The van der Waals surface area contributed by atoms with E-state index in [1.807, 2.05) is 4.90 Å². The van der Waals surface area contributed by atoms with Gasteiger partial charge in [0.15, 0.2) is 11.2 Å². The summed E-state index contributed by atoms with van der Waals surface area (Å²) < 4.78 is 30.4. The highest BCUT2D eigenvalue weighted by atomic mass is 19.3. The van der Waals surface area contributed by atoms with Gasteiger partial charge in [-0.15, -0.1) is 0 Å². The summed E-state index contributed by atoms with van der Waals surface area (Å²) >= 11 is 0. The zero-order chi connectivity index (χ0) is 29.2. The van der Waals surface area contributed by atoms with E-state index in [1.165, 1.54) is 24.9 Å². The lowest BCUT2D eigenvalue weighted by Gasteiger charge is -2.20. The van der Waals surface area contributed by atoms with E-state index in [2.05, 4.69) is 20.3 Å². The second-order valence-corrected chi connectivity index (χ2v) is 10.5. The molecule has 12 nitrogen and oxygen atoms in total. The molecule has 5 heterocycles. The van der Waals surface area contributed by atoms with Crippen molar-refractivity contribution in [3.05, 3.63) is 63.7 Å². The maximum atomic E-state index is 13.5. The Balaban J connectivity index is 1.20. The molecule has 0 bridgehead atoms. The van der Waals surface area contributed by atoms with Gasteiger partial charge in [-0.25, -0.2) is 28.5 Å². The predicted molar refractivity (Wildman–Crippen MR) is 145 cm³/mol. The van der Waals surface area contributed by atoms with Crippen molar-refractivity contribution in [1.82, 2.24) is 28.7 Å². The molecule has 1 amide bonds. The number of aryl methyl sites for hydroxylation is 1. The number of hydrogen-bond donors (Lipinski definition) is 1. The number of alkyl halides is 2. The Hall–Kier alpha value is -4.75. The number of rotatable bonds is 7. The first-order valence-corrected chi connectivity index (χ1v) is 13.0. The highest BCUT2D eigenvalue weighted by Crippen LogP contribution is 2.59. The molecule has 0 spiro atoms. The number of nitrogens with zero attached hydrogens (tertiary/aromatic N) is 7. The summed E-state index contributed by atoms with van der Waals surface area (Å²) in [4.78, 5) is 65.5. The zero-order valence-corrected chi connectivity index (χ0v) is 22.4. The van der Waals surface area contributed by atoms with Gasteiger partial charge < -0.3 is 14.8 Å². The second kappa shape index (κ2) is 9.42. The van der Waals surface area contributed by atoms with Gasteiger partial charge in [0.2, 0.25) is 5.91 Å². The molecule has 3 atom stereocenters. The van der Waals surface area contributed by atoms with Crippen LogP contribution in [0.5, 0.6) is 0 Å². The number of fused-ring (bicyclic) bond motifs is 2. The molecule has 4 aromatic heterocycles. The maximum absolute atomic E-state index is 13.5. The Kier molecular flexibility index (Phi) is 6.08. The van der Waals surface area contributed by atoms with Crippen molar-refractivity contribution in [3.63, 3.8) is 0 Å². The fraction of sp³-hybridized carbons (Fsp3) is 0.370. The average molecular weight is 565 g/mol. The molecule has 6 rings (SSSR count). The zero-order valence-electron chi connectivity index (χ0n) is 22.4. The topological polar surface area (TPSA) is 137 Å². The van der Waals surface area contributed by atoms with Crippen LogP contribution < -0.4 is 21.5 Å². The van der Waals surface area contributed by atoms with Crippen molar-refractivity contribution in [2.75, 3.05) is 23.3 Å². The molecule has 1 aliphatic heterocycles. The number of aromatic nitrogens is 6. The van der Waals surface area contributed by atoms with Crippen LogP contribution in [0, 0.1) is 11.8 Å². The summed E-state index contributed by atoms with van der Waals surface area (Å²) in [5.74, 6) is -3.71. The van der Waals surface area contributed by atoms with Crippen molar-refractivity contribution in [2.24, 2.45) is 18.9 Å². The lowest BCUT2D eigenvalue weighted by molar-refractivity contribution is -0.119. The third-order valence-corrected chi connectivity index (χ3v) is 7.80. The highest BCUT2D eigenvalue weighted by Gasteiger charge is 2.71. The number of imidazole rings is 1. The molecule has 1 saturated carbocycles. The largest absolute Gasteiger partial charge is 0.356 e. The number of carbonyl (C=O) groups excluding carboxylic acids is 2. The molecule has 212 valence electrons. The first-order valence-electron chi connectivity index (χ1n) is 13.0. The van der Waals surface area contributed by atoms with Crippen LogP contribution in [0.2, 0.25) is 0 Å². The van der Waals surface area contributed by atoms with Crippen LogP contribution in [-0.4, -0.2) is 59.4 Å². The number of ketones is 1. The molecule has 14 heteroatoms. The summed E-state index contributed by atoms with van der Waals surface area (Å²) in [5, 5.41) is 2.74. The summed E-state index contributed by atoms with van der Waals surface area (Å²) in [6.07, 6.45) is 2.91. The van der Waals surface area contributed by atoms with Crippen molar-refractivity contribution in [1.29, 1.82) is 0 Å². The van der Waals surface area contributed by atoms with E-state index in [4.69, 9.17) is 0 Å². The molecule has 2 fully saturated rings. The lowest BCUT2D eigenvalue weighted by Crippen LogP contribution is -2.41. The van der Waals surface area contributed by atoms with E-state index in [9.17, 15) is 28.0 Å². The van der Waals surface area contributed by atoms with E-state index in [0.29, 0.717) is 17.1 Å². The van der Waals surface area contributed by atoms with Crippen molar-refractivity contribution < 1.29 is 18.4 Å². The molecule has 0 radical (unpaired) electrons. The van der Waals surface area contributed by atoms with Crippen LogP contribution in [-0.2, 0) is 23.2 Å². The molecule has 4 aromatic rings. The number of halogens is 2. The molecule has 0 aromatic carbocycles. The van der Waals surface area contributed by atoms with Gasteiger partial charge in [-0.3, -0.25) is 23.5 Å². The number of hydrogen-bond acceptors (Lipinski definition) is 8.